The van der Waals surface area contributed by atoms with Crippen LogP contribution in [0.4, 0.5) is 10.8 Å². The first-order valence-electron chi connectivity index (χ1n) is 8.72. The predicted molar refractivity (Wildman–Crippen MR) is 112 cm³/mol. The molecule has 0 aliphatic rings. The predicted octanol–water partition coefficient (Wildman–Crippen LogP) is 4.41. The molecule has 0 unspecified atom stereocenters. The van der Waals surface area contributed by atoms with Gasteiger partial charge >= 0.3 is 0 Å². The molecule has 8 heteroatoms. The molecule has 0 fully saturated rings. The molecule has 1 heterocycles. The third-order valence-corrected chi connectivity index (χ3v) is 4.57. The van der Waals surface area contributed by atoms with Crippen LogP contribution < -0.4 is 10.7 Å². The van der Waals surface area contributed by atoms with E-state index in [0.29, 0.717) is 17.1 Å². The Hall–Kier alpha value is -3.39. The Kier molecular flexibility index (Phi) is 6.23. The Labute approximate surface area is 166 Å². The number of amides is 1. The van der Waals surface area contributed by atoms with E-state index in [0.717, 1.165) is 23.4 Å². The standard InChI is InChI=1S/C20H20N4O3S/c1-2-3-19(27)22-15-7-4-13(5-8-15)17-12-28-20(23-17)24-21-11-14-6-9-16(25)10-18(14)26/h4-12,25-26H,2-3H2,1H3,(H,22,27)(H,23,24)/b21-11+. The highest BCUT2D eigenvalue weighted by Gasteiger charge is 2.06. The SMILES string of the molecule is CCCC(=O)Nc1ccc(-c2csc(N/N=C/c3ccc(O)cc3O)n2)cc1. The maximum atomic E-state index is 11.6. The molecule has 28 heavy (non-hydrogen) atoms. The van der Waals surface area contributed by atoms with Gasteiger partial charge in [0, 0.05) is 34.7 Å². The number of hydrazone groups is 1. The molecular formula is C20H20N4O3S. The number of nitrogens with zero attached hydrogens (tertiary/aromatic N) is 2. The van der Waals surface area contributed by atoms with E-state index in [1.807, 2.05) is 36.6 Å². The number of phenols is 2. The maximum absolute atomic E-state index is 11.6. The molecule has 0 atom stereocenters. The van der Waals surface area contributed by atoms with Crippen LogP contribution in [0, 0.1) is 0 Å². The van der Waals surface area contributed by atoms with Gasteiger partial charge in [0.2, 0.25) is 11.0 Å². The first kappa shape index (κ1) is 19.4. The lowest BCUT2D eigenvalue weighted by molar-refractivity contribution is -0.116. The smallest absolute Gasteiger partial charge is 0.224 e. The fraction of sp³-hybridized carbons (Fsp3) is 0.150. The van der Waals surface area contributed by atoms with Gasteiger partial charge in [0.1, 0.15) is 11.5 Å². The number of thiazole rings is 1. The summed E-state index contributed by atoms with van der Waals surface area (Å²) in [5.41, 5.74) is 5.78. The third-order valence-electron chi connectivity index (χ3n) is 3.82. The highest BCUT2D eigenvalue weighted by atomic mass is 32.1. The van der Waals surface area contributed by atoms with Crippen LogP contribution in [0.25, 0.3) is 11.3 Å². The van der Waals surface area contributed by atoms with Crippen molar-refractivity contribution < 1.29 is 15.0 Å². The fourth-order valence-electron chi connectivity index (χ4n) is 2.43. The van der Waals surface area contributed by atoms with Gasteiger partial charge in [-0.1, -0.05) is 19.1 Å². The number of carbonyl (C=O) groups excluding carboxylic acids is 1. The van der Waals surface area contributed by atoms with Gasteiger partial charge in [-0.2, -0.15) is 5.10 Å². The van der Waals surface area contributed by atoms with Gasteiger partial charge in [0.05, 0.1) is 11.9 Å². The van der Waals surface area contributed by atoms with Gasteiger partial charge < -0.3 is 15.5 Å². The summed E-state index contributed by atoms with van der Waals surface area (Å²) < 4.78 is 0. The summed E-state index contributed by atoms with van der Waals surface area (Å²) in [6, 6.07) is 11.8. The molecule has 7 nitrogen and oxygen atoms in total. The maximum Gasteiger partial charge on any atom is 0.224 e. The molecule has 0 saturated carbocycles. The average Bonchev–Trinajstić information content (AvgIpc) is 3.13. The molecule has 1 amide bonds. The Bertz CT molecular complexity index is 983. The normalized spacial score (nSPS) is 10.9. The van der Waals surface area contributed by atoms with E-state index in [4.69, 9.17) is 0 Å². The first-order valence-corrected chi connectivity index (χ1v) is 9.60. The quantitative estimate of drug-likeness (QED) is 0.350. The zero-order valence-electron chi connectivity index (χ0n) is 15.2. The van der Waals surface area contributed by atoms with Gasteiger partial charge in [0.15, 0.2) is 0 Å². The number of rotatable bonds is 7. The lowest BCUT2D eigenvalue weighted by Crippen LogP contribution is -2.10. The molecule has 144 valence electrons. The van der Waals surface area contributed by atoms with Crippen LogP contribution >= 0.6 is 11.3 Å². The van der Waals surface area contributed by atoms with Crippen LogP contribution in [-0.2, 0) is 4.79 Å². The Morgan fingerprint density at radius 1 is 1.21 bits per heavy atom. The summed E-state index contributed by atoms with van der Waals surface area (Å²) in [4.78, 5) is 16.1. The van der Waals surface area contributed by atoms with Gasteiger partial charge in [-0.3, -0.25) is 10.2 Å². The zero-order valence-corrected chi connectivity index (χ0v) is 16.0. The summed E-state index contributed by atoms with van der Waals surface area (Å²) >= 11 is 1.40. The summed E-state index contributed by atoms with van der Waals surface area (Å²) in [6.45, 7) is 1.97. The van der Waals surface area contributed by atoms with Crippen LogP contribution in [0.3, 0.4) is 0 Å². The minimum atomic E-state index is -0.0588. The van der Waals surface area contributed by atoms with Crippen molar-refractivity contribution in [2.24, 2.45) is 5.10 Å². The Morgan fingerprint density at radius 2 is 2.00 bits per heavy atom. The number of aromatic hydroxyl groups is 2. The lowest BCUT2D eigenvalue weighted by atomic mass is 10.1. The van der Waals surface area contributed by atoms with Crippen LogP contribution in [0.1, 0.15) is 25.3 Å². The number of benzene rings is 2. The van der Waals surface area contributed by atoms with Crippen molar-refractivity contribution in [3.8, 4) is 22.8 Å². The van der Waals surface area contributed by atoms with Crippen molar-refractivity contribution in [1.29, 1.82) is 0 Å². The van der Waals surface area contributed by atoms with E-state index in [9.17, 15) is 15.0 Å². The topological polar surface area (TPSA) is 107 Å². The van der Waals surface area contributed by atoms with Crippen molar-refractivity contribution in [1.82, 2.24) is 4.98 Å². The molecule has 0 saturated heterocycles. The van der Waals surface area contributed by atoms with E-state index >= 15 is 0 Å². The monoisotopic (exact) mass is 396 g/mol. The highest BCUT2D eigenvalue weighted by molar-refractivity contribution is 7.14. The second kappa shape index (κ2) is 9.01. The second-order valence-electron chi connectivity index (χ2n) is 6.03. The first-order chi connectivity index (χ1) is 13.5. The Balaban J connectivity index is 1.62. The molecule has 3 aromatic rings. The van der Waals surface area contributed by atoms with Crippen LogP contribution in [0.5, 0.6) is 11.5 Å². The van der Waals surface area contributed by atoms with Crippen molar-refractivity contribution in [3.05, 3.63) is 53.4 Å². The largest absolute Gasteiger partial charge is 0.508 e. The number of nitrogens with one attached hydrogen (secondary N) is 2. The average molecular weight is 396 g/mol. The highest BCUT2D eigenvalue weighted by Crippen LogP contribution is 2.26. The van der Waals surface area contributed by atoms with E-state index < -0.39 is 0 Å². The van der Waals surface area contributed by atoms with Crippen LogP contribution in [-0.4, -0.2) is 27.3 Å². The molecule has 0 radical (unpaired) electrons. The molecule has 4 N–H and O–H groups in total. The molecule has 0 spiro atoms. The number of hydrogen-bond donors (Lipinski definition) is 4. The van der Waals surface area contributed by atoms with Crippen LogP contribution in [0.15, 0.2) is 52.9 Å². The number of hydrogen-bond acceptors (Lipinski definition) is 7. The number of aromatic nitrogens is 1. The zero-order chi connectivity index (χ0) is 19.9. The van der Waals surface area contributed by atoms with Crippen molar-refractivity contribution in [2.45, 2.75) is 19.8 Å². The van der Waals surface area contributed by atoms with Crippen molar-refractivity contribution in [3.63, 3.8) is 0 Å². The minimum Gasteiger partial charge on any atom is -0.508 e. The molecule has 2 aromatic carbocycles. The lowest BCUT2D eigenvalue weighted by Gasteiger charge is -2.04. The third kappa shape index (κ3) is 5.08. The summed E-state index contributed by atoms with van der Waals surface area (Å²) in [6.07, 6.45) is 2.77. The summed E-state index contributed by atoms with van der Waals surface area (Å²) in [5.74, 6) is -0.0625. The van der Waals surface area contributed by atoms with E-state index in [1.54, 1.807) is 6.07 Å². The van der Waals surface area contributed by atoms with Crippen molar-refractivity contribution in [2.75, 3.05) is 10.7 Å². The van der Waals surface area contributed by atoms with E-state index in [1.165, 1.54) is 29.7 Å². The number of phenolic OH excluding ortho intramolecular Hbond substituents is 2. The molecular weight excluding hydrogens is 376 g/mol. The Morgan fingerprint density at radius 3 is 2.71 bits per heavy atom. The second-order valence-corrected chi connectivity index (χ2v) is 6.88. The van der Waals surface area contributed by atoms with Gasteiger partial charge in [-0.05, 0) is 30.7 Å². The minimum absolute atomic E-state index is 0.00733. The van der Waals surface area contributed by atoms with Gasteiger partial charge in [-0.25, -0.2) is 4.98 Å². The number of carbonyl (C=O) groups is 1. The molecule has 0 bridgehead atoms. The van der Waals surface area contributed by atoms with E-state index in [2.05, 4.69) is 20.8 Å². The van der Waals surface area contributed by atoms with Gasteiger partial charge in [0.25, 0.3) is 0 Å². The molecule has 3 rings (SSSR count). The molecule has 1 aromatic heterocycles. The van der Waals surface area contributed by atoms with Crippen molar-refractivity contribution >= 4 is 34.3 Å². The molecule has 0 aliphatic carbocycles. The van der Waals surface area contributed by atoms with E-state index in [-0.39, 0.29) is 17.4 Å². The van der Waals surface area contributed by atoms with Crippen LogP contribution in [0.2, 0.25) is 0 Å². The summed E-state index contributed by atoms with van der Waals surface area (Å²) in [5, 5.41) is 28.4. The van der Waals surface area contributed by atoms with Gasteiger partial charge in [-0.15, -0.1) is 11.3 Å². The number of anilines is 2. The molecule has 0 aliphatic heterocycles. The fourth-order valence-corrected chi connectivity index (χ4v) is 3.10. The summed E-state index contributed by atoms with van der Waals surface area (Å²) in [7, 11) is 0.